The largest absolute Gasteiger partial charge is 0.358 e. The molecule has 0 fully saturated rings. The molecule has 2 aromatic rings. The van der Waals surface area contributed by atoms with Crippen molar-refractivity contribution >= 4 is 22.7 Å². The van der Waals surface area contributed by atoms with Gasteiger partial charge in [0.1, 0.15) is 0 Å². The minimum absolute atomic E-state index is 1.18. The highest BCUT2D eigenvalue weighted by molar-refractivity contribution is 7.98. The van der Waals surface area contributed by atoms with E-state index in [2.05, 4.69) is 30.1 Å². The summed E-state index contributed by atoms with van der Waals surface area (Å²) in [6.45, 7) is 2.16. The number of nitrogens with one attached hydrogen (secondary N) is 1. The van der Waals surface area contributed by atoms with E-state index in [1.807, 2.05) is 11.8 Å². The summed E-state index contributed by atoms with van der Waals surface area (Å²) in [4.78, 5) is 3.53. The normalized spacial score (nSPS) is 15.8. The number of aromatic nitrogens is 1. The predicted molar refractivity (Wildman–Crippen MR) is 62.9 cm³/mol. The number of hydrogen-bond acceptors (Lipinski definition) is 1. The minimum atomic E-state index is 1.18. The molecular weight excluding hydrogens is 190 g/mol. The van der Waals surface area contributed by atoms with Crippen LogP contribution in [0.1, 0.15) is 16.8 Å². The van der Waals surface area contributed by atoms with E-state index in [0.717, 1.165) is 0 Å². The molecule has 1 aliphatic rings. The Balaban J connectivity index is 2.32. The molecule has 0 spiro atoms. The Labute approximate surface area is 87.9 Å². The van der Waals surface area contributed by atoms with Gasteiger partial charge in [0.25, 0.3) is 0 Å². The van der Waals surface area contributed by atoms with E-state index in [-0.39, 0.29) is 0 Å². The van der Waals surface area contributed by atoms with Crippen LogP contribution in [0.5, 0.6) is 0 Å². The van der Waals surface area contributed by atoms with Gasteiger partial charge in [-0.3, -0.25) is 0 Å². The van der Waals surface area contributed by atoms with Gasteiger partial charge in [0.2, 0.25) is 0 Å². The summed E-state index contributed by atoms with van der Waals surface area (Å²) < 4.78 is 0. The van der Waals surface area contributed by atoms with E-state index in [4.69, 9.17) is 0 Å². The van der Waals surface area contributed by atoms with Crippen LogP contribution in [0.2, 0.25) is 0 Å². The van der Waals surface area contributed by atoms with Gasteiger partial charge in [-0.05, 0) is 36.8 Å². The molecule has 0 unspecified atom stereocenters. The first-order valence-corrected chi connectivity index (χ1v) is 6.18. The average molecular weight is 203 g/mol. The average Bonchev–Trinajstić information content (AvgIpc) is 2.56. The Morgan fingerprint density at radius 1 is 1.36 bits per heavy atom. The van der Waals surface area contributed by atoms with Crippen molar-refractivity contribution in [2.24, 2.45) is 0 Å². The molecule has 0 radical (unpaired) electrons. The first kappa shape index (κ1) is 8.42. The van der Waals surface area contributed by atoms with Gasteiger partial charge in [-0.1, -0.05) is 11.6 Å². The lowest BCUT2D eigenvalue weighted by molar-refractivity contribution is 1.04. The summed E-state index contributed by atoms with van der Waals surface area (Å²) in [6, 6.07) is 6.68. The van der Waals surface area contributed by atoms with E-state index in [1.54, 1.807) is 5.56 Å². The van der Waals surface area contributed by atoms with E-state index < -0.39 is 0 Å². The Morgan fingerprint density at radius 3 is 3.21 bits per heavy atom. The van der Waals surface area contributed by atoms with E-state index in [1.165, 1.54) is 40.1 Å². The third-order valence-electron chi connectivity index (χ3n) is 2.89. The second-order valence-corrected chi connectivity index (χ2v) is 5.04. The van der Waals surface area contributed by atoms with Crippen molar-refractivity contribution in [1.29, 1.82) is 0 Å². The highest BCUT2D eigenvalue weighted by Gasteiger charge is 2.14. The van der Waals surface area contributed by atoms with Gasteiger partial charge in [-0.15, -0.1) is 0 Å². The Hall–Kier alpha value is -0.890. The van der Waals surface area contributed by atoms with Crippen molar-refractivity contribution in [3.63, 3.8) is 0 Å². The lowest BCUT2D eigenvalue weighted by atomic mass is 10.1. The molecular formula is C12H13NS. The molecule has 0 saturated carbocycles. The molecule has 14 heavy (non-hydrogen) atoms. The molecule has 1 aliphatic heterocycles. The van der Waals surface area contributed by atoms with Gasteiger partial charge >= 0.3 is 0 Å². The van der Waals surface area contributed by atoms with Crippen LogP contribution in [0.25, 0.3) is 10.9 Å². The van der Waals surface area contributed by atoms with Gasteiger partial charge in [-0.25, -0.2) is 0 Å². The van der Waals surface area contributed by atoms with Crippen LogP contribution in [0, 0.1) is 6.92 Å². The van der Waals surface area contributed by atoms with Gasteiger partial charge < -0.3 is 4.98 Å². The van der Waals surface area contributed by atoms with Crippen molar-refractivity contribution in [3.05, 3.63) is 35.0 Å². The molecule has 1 nitrogen and oxygen atoms in total. The number of aryl methyl sites for hydroxylation is 2. The Morgan fingerprint density at radius 2 is 2.29 bits per heavy atom. The van der Waals surface area contributed by atoms with Crippen LogP contribution in [0.3, 0.4) is 0 Å². The zero-order valence-electron chi connectivity index (χ0n) is 8.26. The van der Waals surface area contributed by atoms with Crippen molar-refractivity contribution in [2.45, 2.75) is 19.1 Å². The third-order valence-corrected chi connectivity index (χ3v) is 3.88. The van der Waals surface area contributed by atoms with Crippen LogP contribution in [0.15, 0.2) is 18.2 Å². The highest BCUT2D eigenvalue weighted by atomic mass is 32.2. The molecule has 1 aromatic carbocycles. The topological polar surface area (TPSA) is 15.8 Å². The number of hydrogen-bond donors (Lipinski definition) is 1. The number of rotatable bonds is 0. The number of thioether (sulfide) groups is 1. The maximum atomic E-state index is 3.53. The number of benzene rings is 1. The Kier molecular flexibility index (Phi) is 1.84. The summed E-state index contributed by atoms with van der Waals surface area (Å²) in [7, 11) is 0. The van der Waals surface area contributed by atoms with Gasteiger partial charge in [-0.2, -0.15) is 11.8 Å². The zero-order valence-corrected chi connectivity index (χ0v) is 9.08. The highest BCUT2D eigenvalue weighted by Crippen LogP contribution is 2.31. The van der Waals surface area contributed by atoms with E-state index in [0.29, 0.717) is 0 Å². The lowest BCUT2D eigenvalue weighted by Crippen LogP contribution is -1.99. The fourth-order valence-corrected chi connectivity index (χ4v) is 3.17. The van der Waals surface area contributed by atoms with Gasteiger partial charge in [0, 0.05) is 22.3 Å². The van der Waals surface area contributed by atoms with Crippen molar-refractivity contribution in [2.75, 3.05) is 5.75 Å². The molecule has 0 atom stereocenters. The summed E-state index contributed by atoms with van der Waals surface area (Å²) in [6.07, 6.45) is 1.20. The van der Waals surface area contributed by atoms with Crippen molar-refractivity contribution in [1.82, 2.24) is 4.98 Å². The molecule has 1 aromatic heterocycles. The SMILES string of the molecule is Cc1ccc2[nH]c3c(c2c1)CSCC3. The molecule has 2 heteroatoms. The first-order valence-electron chi connectivity index (χ1n) is 5.02. The van der Waals surface area contributed by atoms with E-state index in [9.17, 15) is 0 Å². The maximum absolute atomic E-state index is 3.53. The first-order chi connectivity index (χ1) is 6.84. The fourth-order valence-electron chi connectivity index (χ4n) is 2.14. The molecule has 0 aliphatic carbocycles. The van der Waals surface area contributed by atoms with Crippen molar-refractivity contribution < 1.29 is 0 Å². The molecule has 3 rings (SSSR count). The standard InChI is InChI=1S/C12H13NS/c1-8-2-3-11-9(6-8)10-7-14-5-4-12(10)13-11/h2-3,6,13H,4-5,7H2,1H3. The Bertz CT molecular complexity index is 484. The predicted octanol–water partition coefficient (Wildman–Crippen LogP) is 3.27. The van der Waals surface area contributed by atoms with Gasteiger partial charge in [0.15, 0.2) is 0 Å². The summed E-state index contributed by atoms with van der Waals surface area (Å²) in [5, 5.41) is 1.44. The summed E-state index contributed by atoms with van der Waals surface area (Å²) in [5.41, 5.74) is 5.67. The van der Waals surface area contributed by atoms with Crippen LogP contribution in [0.4, 0.5) is 0 Å². The molecule has 0 amide bonds. The maximum Gasteiger partial charge on any atom is 0.0459 e. The van der Waals surface area contributed by atoms with E-state index >= 15 is 0 Å². The van der Waals surface area contributed by atoms with Crippen LogP contribution >= 0.6 is 11.8 Å². The second-order valence-electron chi connectivity index (χ2n) is 3.93. The molecule has 1 N–H and O–H groups in total. The number of aromatic amines is 1. The third kappa shape index (κ3) is 1.17. The zero-order chi connectivity index (χ0) is 9.54. The monoisotopic (exact) mass is 203 g/mol. The molecule has 72 valence electrons. The molecule has 2 heterocycles. The molecule has 0 bridgehead atoms. The van der Waals surface area contributed by atoms with Gasteiger partial charge in [0.05, 0.1) is 0 Å². The number of fused-ring (bicyclic) bond motifs is 3. The number of H-pyrrole nitrogens is 1. The minimum Gasteiger partial charge on any atom is -0.358 e. The summed E-state index contributed by atoms with van der Waals surface area (Å²) in [5.74, 6) is 2.44. The smallest absolute Gasteiger partial charge is 0.0459 e. The fraction of sp³-hybridized carbons (Fsp3) is 0.333. The van der Waals surface area contributed by atoms with Crippen LogP contribution in [-0.4, -0.2) is 10.7 Å². The molecule has 0 saturated heterocycles. The van der Waals surface area contributed by atoms with Crippen molar-refractivity contribution in [3.8, 4) is 0 Å². The lowest BCUT2D eigenvalue weighted by Gasteiger charge is -2.10. The van der Waals surface area contributed by atoms with Crippen LogP contribution < -0.4 is 0 Å². The summed E-state index contributed by atoms with van der Waals surface area (Å²) >= 11 is 2.04. The quantitative estimate of drug-likeness (QED) is 0.695. The second kappa shape index (κ2) is 3.06. The van der Waals surface area contributed by atoms with Crippen LogP contribution in [-0.2, 0) is 12.2 Å².